The van der Waals surface area contributed by atoms with Crippen molar-refractivity contribution in [1.29, 1.82) is 0 Å². The SMILES string of the molecule is Cc1nc[nH]c1CN1CCC(NC(=O)N2[C@H](C)CN(c3ncc(C(F)(F)F)cn3)C[C@@H]2C)CC1. The number of halogens is 3. The van der Waals surface area contributed by atoms with Gasteiger partial charge >= 0.3 is 12.2 Å². The van der Waals surface area contributed by atoms with Gasteiger partial charge < -0.3 is 20.1 Å². The lowest BCUT2D eigenvalue weighted by molar-refractivity contribution is -0.138. The highest BCUT2D eigenvalue weighted by molar-refractivity contribution is 5.75. The molecule has 0 radical (unpaired) electrons. The van der Waals surface area contributed by atoms with Crippen LogP contribution >= 0.6 is 0 Å². The molecule has 2 aromatic heterocycles. The molecule has 0 bridgehead atoms. The Kier molecular flexibility index (Phi) is 6.96. The number of nitrogens with one attached hydrogen (secondary N) is 2. The Balaban J connectivity index is 1.28. The molecule has 2 aromatic rings. The predicted molar refractivity (Wildman–Crippen MR) is 120 cm³/mol. The van der Waals surface area contributed by atoms with E-state index in [0.717, 1.165) is 56.3 Å². The lowest BCUT2D eigenvalue weighted by Gasteiger charge is -2.45. The molecule has 2 saturated heterocycles. The van der Waals surface area contributed by atoms with Gasteiger partial charge in [-0.15, -0.1) is 0 Å². The number of imidazole rings is 1. The van der Waals surface area contributed by atoms with Gasteiger partial charge in [-0.25, -0.2) is 19.7 Å². The van der Waals surface area contributed by atoms with Crippen molar-refractivity contribution in [2.24, 2.45) is 0 Å². The summed E-state index contributed by atoms with van der Waals surface area (Å²) in [5.74, 6) is 0.242. The number of rotatable bonds is 4. The summed E-state index contributed by atoms with van der Waals surface area (Å²) in [5.41, 5.74) is 1.26. The Morgan fingerprint density at radius 2 is 1.74 bits per heavy atom. The molecule has 2 N–H and O–H groups in total. The molecular weight excluding hydrogens is 449 g/mol. The Morgan fingerprint density at radius 1 is 1.12 bits per heavy atom. The van der Waals surface area contributed by atoms with E-state index in [9.17, 15) is 18.0 Å². The van der Waals surface area contributed by atoms with Gasteiger partial charge in [-0.1, -0.05) is 0 Å². The van der Waals surface area contributed by atoms with E-state index in [0.29, 0.717) is 13.1 Å². The zero-order chi connectivity index (χ0) is 24.5. The minimum atomic E-state index is -4.47. The van der Waals surface area contributed by atoms with Crippen molar-refractivity contribution >= 4 is 12.0 Å². The molecule has 2 fully saturated rings. The first kappa shape index (κ1) is 24.2. The number of aromatic nitrogens is 4. The molecule has 4 rings (SSSR count). The quantitative estimate of drug-likeness (QED) is 0.699. The summed E-state index contributed by atoms with van der Waals surface area (Å²) in [6.45, 7) is 9.37. The lowest BCUT2D eigenvalue weighted by Crippen LogP contribution is -2.62. The molecule has 0 spiro atoms. The van der Waals surface area contributed by atoms with Crippen LogP contribution in [-0.2, 0) is 12.7 Å². The zero-order valence-corrected chi connectivity index (χ0v) is 19.6. The first-order chi connectivity index (χ1) is 16.1. The number of hydrogen-bond donors (Lipinski definition) is 2. The molecule has 0 aromatic carbocycles. The Morgan fingerprint density at radius 3 is 2.26 bits per heavy atom. The van der Waals surface area contributed by atoms with Gasteiger partial charge in [0.25, 0.3) is 0 Å². The number of carbonyl (C=O) groups excluding carboxylic acids is 1. The van der Waals surface area contributed by atoms with E-state index in [1.165, 1.54) is 0 Å². The fraction of sp³-hybridized carbons (Fsp3) is 0.636. The number of alkyl halides is 3. The van der Waals surface area contributed by atoms with Crippen LogP contribution < -0.4 is 10.2 Å². The van der Waals surface area contributed by atoms with Gasteiger partial charge in [-0.05, 0) is 33.6 Å². The standard InChI is InChI=1S/C22H31F3N8O/c1-14-10-32(20-26-8-17(9-27-20)22(23,24)25)11-15(2)33(14)21(34)30-18-4-6-31(7-5-18)12-19-16(3)28-13-29-19/h8-9,13-15,18H,4-7,10-12H2,1-3H3,(H,28,29)(H,30,34)/t14-,15+. The molecule has 186 valence electrons. The summed E-state index contributed by atoms with van der Waals surface area (Å²) in [4.78, 5) is 34.3. The Hall–Kier alpha value is -2.89. The summed E-state index contributed by atoms with van der Waals surface area (Å²) in [5, 5.41) is 3.18. The molecule has 2 aliphatic heterocycles. The van der Waals surface area contributed by atoms with Crippen molar-refractivity contribution in [3.63, 3.8) is 0 Å². The number of urea groups is 1. The number of likely N-dealkylation sites (tertiary alicyclic amines) is 1. The maximum absolute atomic E-state index is 13.1. The number of amides is 2. The highest BCUT2D eigenvalue weighted by Gasteiger charge is 2.36. The monoisotopic (exact) mass is 480 g/mol. The topological polar surface area (TPSA) is 93.3 Å². The Labute approximate surface area is 196 Å². The number of carbonyl (C=O) groups is 1. The van der Waals surface area contributed by atoms with E-state index in [1.807, 2.05) is 30.6 Å². The zero-order valence-electron chi connectivity index (χ0n) is 19.6. The minimum absolute atomic E-state index is 0.101. The van der Waals surface area contributed by atoms with E-state index in [2.05, 4.69) is 30.2 Å². The third-order valence-corrected chi connectivity index (χ3v) is 6.63. The van der Waals surface area contributed by atoms with Crippen molar-refractivity contribution in [3.05, 3.63) is 35.7 Å². The van der Waals surface area contributed by atoms with Crippen LogP contribution in [0.1, 0.15) is 43.6 Å². The fourth-order valence-corrected chi connectivity index (χ4v) is 4.77. The first-order valence-electron chi connectivity index (χ1n) is 11.6. The van der Waals surface area contributed by atoms with Gasteiger partial charge in [0.15, 0.2) is 0 Å². The van der Waals surface area contributed by atoms with Crippen molar-refractivity contribution in [1.82, 2.24) is 35.1 Å². The number of piperazine rings is 1. The van der Waals surface area contributed by atoms with E-state index >= 15 is 0 Å². The Bertz CT molecular complexity index is 959. The molecule has 34 heavy (non-hydrogen) atoms. The van der Waals surface area contributed by atoms with Crippen molar-refractivity contribution < 1.29 is 18.0 Å². The highest BCUT2D eigenvalue weighted by atomic mass is 19.4. The van der Waals surface area contributed by atoms with Crippen LogP contribution in [0.4, 0.5) is 23.9 Å². The molecule has 0 saturated carbocycles. The van der Waals surface area contributed by atoms with E-state index in [-0.39, 0.29) is 30.1 Å². The summed E-state index contributed by atoms with van der Waals surface area (Å²) in [6.07, 6.45) is 0.600. The van der Waals surface area contributed by atoms with Crippen LogP contribution in [0.25, 0.3) is 0 Å². The van der Waals surface area contributed by atoms with Gasteiger partial charge in [-0.2, -0.15) is 13.2 Å². The molecule has 0 unspecified atom stereocenters. The normalized spacial score (nSPS) is 22.8. The highest BCUT2D eigenvalue weighted by Crippen LogP contribution is 2.29. The van der Waals surface area contributed by atoms with Crippen LogP contribution in [0.2, 0.25) is 0 Å². The molecule has 0 aliphatic carbocycles. The molecule has 9 nitrogen and oxygen atoms in total. The minimum Gasteiger partial charge on any atom is -0.347 e. The van der Waals surface area contributed by atoms with Crippen LogP contribution in [-0.4, -0.2) is 80.1 Å². The average Bonchev–Trinajstić information content (AvgIpc) is 3.18. The number of aromatic amines is 1. The lowest BCUT2D eigenvalue weighted by atomic mass is 10.0. The van der Waals surface area contributed by atoms with Crippen molar-refractivity contribution in [3.8, 4) is 0 Å². The van der Waals surface area contributed by atoms with E-state index < -0.39 is 11.7 Å². The molecule has 12 heteroatoms. The number of piperidine rings is 1. The predicted octanol–water partition coefficient (Wildman–Crippen LogP) is 2.80. The molecular formula is C22H31F3N8O. The number of aryl methyl sites for hydroxylation is 1. The van der Waals surface area contributed by atoms with Gasteiger partial charge in [0, 0.05) is 63.2 Å². The van der Waals surface area contributed by atoms with Crippen LogP contribution in [0.3, 0.4) is 0 Å². The van der Waals surface area contributed by atoms with Crippen molar-refractivity contribution in [2.75, 3.05) is 31.1 Å². The third-order valence-electron chi connectivity index (χ3n) is 6.63. The van der Waals surface area contributed by atoms with Gasteiger partial charge in [0.2, 0.25) is 5.95 Å². The first-order valence-corrected chi connectivity index (χ1v) is 11.6. The summed E-state index contributed by atoms with van der Waals surface area (Å²) < 4.78 is 38.4. The molecule has 4 heterocycles. The second-order valence-corrected chi connectivity index (χ2v) is 9.25. The van der Waals surface area contributed by atoms with Crippen LogP contribution in [0, 0.1) is 6.92 Å². The summed E-state index contributed by atoms with van der Waals surface area (Å²) in [7, 11) is 0. The van der Waals surface area contributed by atoms with Crippen molar-refractivity contribution in [2.45, 2.75) is 64.5 Å². The van der Waals surface area contributed by atoms with E-state index in [4.69, 9.17) is 0 Å². The molecule has 2 atom stereocenters. The van der Waals surface area contributed by atoms with Crippen LogP contribution in [0.5, 0.6) is 0 Å². The number of H-pyrrole nitrogens is 1. The molecule has 2 aliphatic rings. The van der Waals surface area contributed by atoms with Crippen LogP contribution in [0.15, 0.2) is 18.7 Å². The maximum Gasteiger partial charge on any atom is 0.419 e. The summed E-state index contributed by atoms with van der Waals surface area (Å²) in [6, 6.07) is -0.269. The smallest absolute Gasteiger partial charge is 0.347 e. The average molecular weight is 481 g/mol. The third kappa shape index (κ3) is 5.43. The number of hydrogen-bond acceptors (Lipinski definition) is 6. The second-order valence-electron chi connectivity index (χ2n) is 9.25. The summed E-state index contributed by atoms with van der Waals surface area (Å²) >= 11 is 0. The molecule has 2 amide bonds. The maximum atomic E-state index is 13.1. The fourth-order valence-electron chi connectivity index (χ4n) is 4.77. The number of nitrogens with zero attached hydrogens (tertiary/aromatic N) is 6. The van der Waals surface area contributed by atoms with E-state index in [1.54, 1.807) is 6.33 Å². The number of anilines is 1. The largest absolute Gasteiger partial charge is 0.419 e. The van der Waals surface area contributed by atoms with Gasteiger partial charge in [-0.3, -0.25) is 4.90 Å². The van der Waals surface area contributed by atoms with Gasteiger partial charge in [0.1, 0.15) is 0 Å². The van der Waals surface area contributed by atoms with Gasteiger partial charge in [0.05, 0.1) is 23.3 Å². The second kappa shape index (κ2) is 9.77.